The molecular formula is C19H29NO. The number of pyridine rings is 1. The van der Waals surface area contributed by atoms with Gasteiger partial charge in [-0.2, -0.15) is 0 Å². The number of aromatic nitrogens is 1. The number of ether oxygens (including phenoxy) is 1. The van der Waals surface area contributed by atoms with E-state index in [0.717, 1.165) is 24.8 Å². The van der Waals surface area contributed by atoms with Crippen molar-refractivity contribution in [3.63, 3.8) is 0 Å². The van der Waals surface area contributed by atoms with Crippen molar-refractivity contribution >= 4 is 0 Å². The molecule has 2 saturated carbocycles. The summed E-state index contributed by atoms with van der Waals surface area (Å²) in [4.78, 5) is 4.45. The quantitative estimate of drug-likeness (QED) is 0.746. The number of aryl methyl sites for hydroxylation is 1. The van der Waals surface area contributed by atoms with Crippen LogP contribution in [0.5, 0.6) is 5.88 Å². The van der Waals surface area contributed by atoms with Crippen molar-refractivity contribution in [2.24, 2.45) is 11.3 Å². The van der Waals surface area contributed by atoms with E-state index in [4.69, 9.17) is 4.74 Å². The van der Waals surface area contributed by atoms with Crippen molar-refractivity contribution in [1.82, 2.24) is 4.98 Å². The van der Waals surface area contributed by atoms with Gasteiger partial charge in [0.1, 0.15) is 0 Å². The molecule has 1 aromatic rings. The molecule has 21 heavy (non-hydrogen) atoms. The van der Waals surface area contributed by atoms with Crippen LogP contribution in [0.15, 0.2) is 18.3 Å². The van der Waals surface area contributed by atoms with Crippen LogP contribution in [-0.4, -0.2) is 11.6 Å². The minimum absolute atomic E-state index is 0.685. The monoisotopic (exact) mass is 287 g/mol. The van der Waals surface area contributed by atoms with E-state index >= 15 is 0 Å². The van der Waals surface area contributed by atoms with Gasteiger partial charge in [0.2, 0.25) is 5.88 Å². The SMILES string of the molecule is CCCc1ccc(OCC2CCCC3(CCCC3)C2)nc1. The summed E-state index contributed by atoms with van der Waals surface area (Å²) in [7, 11) is 0. The molecule has 0 bridgehead atoms. The Kier molecular flexibility index (Phi) is 4.82. The summed E-state index contributed by atoms with van der Waals surface area (Å²) in [5, 5.41) is 0. The maximum absolute atomic E-state index is 5.97. The van der Waals surface area contributed by atoms with Gasteiger partial charge in [-0.25, -0.2) is 4.98 Å². The third kappa shape index (κ3) is 3.78. The molecule has 0 N–H and O–H groups in total. The zero-order valence-electron chi connectivity index (χ0n) is 13.4. The lowest BCUT2D eigenvalue weighted by molar-refractivity contribution is 0.105. The molecule has 2 nitrogen and oxygen atoms in total. The van der Waals surface area contributed by atoms with Gasteiger partial charge >= 0.3 is 0 Å². The minimum Gasteiger partial charge on any atom is -0.477 e. The predicted octanol–water partition coefficient (Wildman–Crippen LogP) is 5.16. The fourth-order valence-electron chi connectivity index (χ4n) is 4.44. The fourth-order valence-corrected chi connectivity index (χ4v) is 4.44. The molecule has 1 unspecified atom stereocenters. The van der Waals surface area contributed by atoms with Crippen LogP contribution in [0.25, 0.3) is 0 Å². The van der Waals surface area contributed by atoms with Gasteiger partial charge in [-0.15, -0.1) is 0 Å². The van der Waals surface area contributed by atoms with Crippen molar-refractivity contribution in [3.05, 3.63) is 23.9 Å². The highest BCUT2D eigenvalue weighted by atomic mass is 16.5. The molecule has 1 aromatic heterocycles. The van der Waals surface area contributed by atoms with E-state index in [1.165, 1.54) is 63.4 Å². The lowest BCUT2D eigenvalue weighted by Crippen LogP contribution is -2.29. The molecule has 2 aliphatic carbocycles. The molecule has 3 rings (SSSR count). The first-order chi connectivity index (χ1) is 10.3. The minimum atomic E-state index is 0.685. The molecule has 1 atom stereocenters. The van der Waals surface area contributed by atoms with Crippen molar-refractivity contribution in [2.45, 2.75) is 71.1 Å². The van der Waals surface area contributed by atoms with Gasteiger partial charge in [-0.05, 0) is 55.4 Å². The third-order valence-electron chi connectivity index (χ3n) is 5.51. The first-order valence-corrected chi connectivity index (χ1v) is 8.87. The van der Waals surface area contributed by atoms with Gasteiger partial charge in [0.05, 0.1) is 6.61 Å². The number of hydrogen-bond acceptors (Lipinski definition) is 2. The Hall–Kier alpha value is -1.05. The van der Waals surface area contributed by atoms with Gasteiger partial charge in [0.25, 0.3) is 0 Å². The highest BCUT2D eigenvalue weighted by Gasteiger charge is 2.38. The molecule has 116 valence electrons. The summed E-state index contributed by atoms with van der Waals surface area (Å²) in [5.41, 5.74) is 2.00. The topological polar surface area (TPSA) is 22.1 Å². The van der Waals surface area contributed by atoms with Crippen molar-refractivity contribution < 1.29 is 4.74 Å². The molecule has 0 saturated heterocycles. The smallest absolute Gasteiger partial charge is 0.213 e. The van der Waals surface area contributed by atoms with Crippen LogP contribution in [0.3, 0.4) is 0 Å². The Labute approximate surface area is 129 Å². The Morgan fingerprint density at radius 3 is 2.71 bits per heavy atom. The molecule has 1 heterocycles. The Morgan fingerprint density at radius 1 is 1.19 bits per heavy atom. The average Bonchev–Trinajstić information content (AvgIpc) is 2.95. The standard InChI is InChI=1S/C19H29NO/c1-2-6-16-8-9-18(20-14-16)21-15-17-7-5-12-19(13-17)10-3-4-11-19/h8-9,14,17H,2-7,10-13,15H2,1H3. The number of rotatable bonds is 5. The van der Waals surface area contributed by atoms with E-state index in [1.807, 2.05) is 12.3 Å². The van der Waals surface area contributed by atoms with E-state index in [-0.39, 0.29) is 0 Å². The van der Waals surface area contributed by atoms with E-state index in [1.54, 1.807) is 0 Å². The van der Waals surface area contributed by atoms with Crippen LogP contribution in [0.2, 0.25) is 0 Å². The molecule has 0 aliphatic heterocycles. The summed E-state index contributed by atoms with van der Waals surface area (Å²) >= 11 is 0. The molecule has 2 heteroatoms. The highest BCUT2D eigenvalue weighted by Crippen LogP contribution is 2.50. The molecule has 2 fully saturated rings. The molecule has 2 aliphatic rings. The highest BCUT2D eigenvalue weighted by molar-refractivity contribution is 5.17. The second kappa shape index (κ2) is 6.81. The van der Waals surface area contributed by atoms with Crippen LogP contribution in [0.1, 0.15) is 70.3 Å². The second-order valence-electron chi connectivity index (χ2n) is 7.24. The first-order valence-electron chi connectivity index (χ1n) is 8.87. The summed E-state index contributed by atoms with van der Waals surface area (Å²) in [6.45, 7) is 3.06. The maximum Gasteiger partial charge on any atom is 0.213 e. The number of nitrogens with zero attached hydrogens (tertiary/aromatic N) is 1. The largest absolute Gasteiger partial charge is 0.477 e. The van der Waals surface area contributed by atoms with E-state index < -0.39 is 0 Å². The van der Waals surface area contributed by atoms with Crippen LogP contribution in [-0.2, 0) is 6.42 Å². The lowest BCUT2D eigenvalue weighted by atomic mass is 9.69. The Bertz CT molecular complexity index is 433. The molecular weight excluding hydrogens is 258 g/mol. The van der Waals surface area contributed by atoms with Crippen LogP contribution in [0, 0.1) is 11.3 Å². The van der Waals surface area contributed by atoms with Crippen molar-refractivity contribution in [1.29, 1.82) is 0 Å². The summed E-state index contributed by atoms with van der Waals surface area (Å²) in [6.07, 6.45) is 15.7. The molecule has 0 amide bonds. The van der Waals surface area contributed by atoms with Crippen LogP contribution < -0.4 is 4.74 Å². The number of hydrogen-bond donors (Lipinski definition) is 0. The lowest BCUT2D eigenvalue weighted by Gasteiger charge is -2.38. The van der Waals surface area contributed by atoms with E-state index in [0.29, 0.717) is 5.41 Å². The zero-order chi connectivity index (χ0) is 14.5. The average molecular weight is 287 g/mol. The Balaban J connectivity index is 1.50. The maximum atomic E-state index is 5.97. The predicted molar refractivity (Wildman–Crippen MR) is 86.6 cm³/mol. The third-order valence-corrected chi connectivity index (χ3v) is 5.51. The van der Waals surface area contributed by atoms with Gasteiger partial charge in [0.15, 0.2) is 0 Å². The van der Waals surface area contributed by atoms with Gasteiger partial charge in [-0.3, -0.25) is 0 Å². The second-order valence-corrected chi connectivity index (χ2v) is 7.24. The van der Waals surface area contributed by atoms with E-state index in [2.05, 4.69) is 18.0 Å². The first kappa shape index (κ1) is 14.9. The van der Waals surface area contributed by atoms with Gasteiger partial charge < -0.3 is 4.74 Å². The summed E-state index contributed by atoms with van der Waals surface area (Å²) in [5.74, 6) is 1.55. The van der Waals surface area contributed by atoms with Gasteiger partial charge in [0, 0.05) is 12.3 Å². The van der Waals surface area contributed by atoms with Gasteiger partial charge in [-0.1, -0.05) is 38.7 Å². The van der Waals surface area contributed by atoms with E-state index in [9.17, 15) is 0 Å². The zero-order valence-corrected chi connectivity index (χ0v) is 13.4. The Morgan fingerprint density at radius 2 is 2.00 bits per heavy atom. The molecule has 0 radical (unpaired) electrons. The molecule has 0 aromatic carbocycles. The fraction of sp³-hybridized carbons (Fsp3) is 0.737. The molecule has 1 spiro atoms. The van der Waals surface area contributed by atoms with Crippen LogP contribution >= 0.6 is 0 Å². The van der Waals surface area contributed by atoms with Crippen molar-refractivity contribution in [2.75, 3.05) is 6.61 Å². The summed E-state index contributed by atoms with van der Waals surface area (Å²) in [6, 6.07) is 4.20. The normalized spacial score (nSPS) is 24.3. The van der Waals surface area contributed by atoms with Crippen LogP contribution in [0.4, 0.5) is 0 Å². The summed E-state index contributed by atoms with van der Waals surface area (Å²) < 4.78 is 5.97. The van der Waals surface area contributed by atoms with Crippen molar-refractivity contribution in [3.8, 4) is 5.88 Å².